The highest BCUT2D eigenvalue weighted by Crippen LogP contribution is 2.38. The van der Waals surface area contributed by atoms with E-state index in [1.54, 1.807) is 21.3 Å². The van der Waals surface area contributed by atoms with Gasteiger partial charge in [0.1, 0.15) is 11.6 Å². The molecule has 3 aromatic rings. The van der Waals surface area contributed by atoms with E-state index in [1.807, 2.05) is 48.0 Å². The van der Waals surface area contributed by atoms with E-state index < -0.39 is 0 Å². The van der Waals surface area contributed by atoms with Crippen LogP contribution in [0.2, 0.25) is 0 Å². The fourth-order valence-corrected chi connectivity index (χ4v) is 2.61. The quantitative estimate of drug-likeness (QED) is 0.741. The molecule has 3 rings (SSSR count). The van der Waals surface area contributed by atoms with Crippen LogP contribution in [0.5, 0.6) is 17.2 Å². The Labute approximate surface area is 129 Å². The second-order valence-corrected chi connectivity index (χ2v) is 4.89. The van der Waals surface area contributed by atoms with E-state index in [0.717, 1.165) is 28.2 Å². The van der Waals surface area contributed by atoms with E-state index >= 15 is 0 Å². The number of hydrogen-bond acceptors (Lipinski definition) is 4. The molecule has 0 aliphatic rings. The molecule has 0 aliphatic carbocycles. The molecule has 22 heavy (non-hydrogen) atoms. The van der Waals surface area contributed by atoms with E-state index in [9.17, 15) is 0 Å². The molecule has 0 bridgehead atoms. The van der Waals surface area contributed by atoms with Crippen molar-refractivity contribution in [3.05, 3.63) is 36.4 Å². The number of benzene rings is 2. The lowest BCUT2D eigenvalue weighted by Gasteiger charge is -2.12. The summed E-state index contributed by atoms with van der Waals surface area (Å²) in [6, 6.07) is 11.6. The van der Waals surface area contributed by atoms with Gasteiger partial charge in [0, 0.05) is 13.1 Å². The summed E-state index contributed by atoms with van der Waals surface area (Å²) in [4.78, 5) is 4.72. The third kappa shape index (κ3) is 2.15. The molecule has 0 aliphatic heterocycles. The minimum absolute atomic E-state index is 0.676. The third-order valence-corrected chi connectivity index (χ3v) is 3.73. The second-order valence-electron chi connectivity index (χ2n) is 4.89. The summed E-state index contributed by atoms with van der Waals surface area (Å²) in [5, 5.41) is 0. The van der Waals surface area contributed by atoms with Crippen LogP contribution in [0.25, 0.3) is 22.4 Å². The van der Waals surface area contributed by atoms with Gasteiger partial charge in [-0.15, -0.1) is 0 Å². The Morgan fingerprint density at radius 2 is 1.77 bits per heavy atom. The number of fused-ring (bicyclic) bond motifs is 1. The van der Waals surface area contributed by atoms with Gasteiger partial charge in [-0.1, -0.05) is 6.07 Å². The lowest BCUT2D eigenvalue weighted by atomic mass is 10.1. The topological polar surface area (TPSA) is 45.5 Å². The first-order chi connectivity index (χ1) is 10.7. The molecule has 114 valence electrons. The van der Waals surface area contributed by atoms with Crippen LogP contribution in [0.3, 0.4) is 0 Å². The second kappa shape index (κ2) is 5.60. The Kier molecular flexibility index (Phi) is 3.63. The molecular formula is C17H18N2O3. The van der Waals surface area contributed by atoms with Crippen LogP contribution in [0.4, 0.5) is 0 Å². The highest BCUT2D eigenvalue weighted by molar-refractivity contribution is 5.83. The maximum Gasteiger partial charge on any atom is 0.171 e. The van der Waals surface area contributed by atoms with E-state index in [2.05, 4.69) is 0 Å². The van der Waals surface area contributed by atoms with E-state index in [1.165, 1.54) is 0 Å². The highest BCUT2D eigenvalue weighted by atomic mass is 16.5. The van der Waals surface area contributed by atoms with Crippen LogP contribution in [-0.4, -0.2) is 30.9 Å². The zero-order chi connectivity index (χ0) is 15.7. The third-order valence-electron chi connectivity index (χ3n) is 3.73. The van der Waals surface area contributed by atoms with Crippen molar-refractivity contribution >= 4 is 11.0 Å². The molecule has 0 saturated carbocycles. The minimum atomic E-state index is 0.676. The Hall–Kier alpha value is -2.69. The van der Waals surface area contributed by atoms with Gasteiger partial charge in [0.05, 0.1) is 37.9 Å². The number of aryl methyl sites for hydroxylation is 1. The van der Waals surface area contributed by atoms with Gasteiger partial charge in [0.2, 0.25) is 0 Å². The predicted molar refractivity (Wildman–Crippen MR) is 85.8 cm³/mol. The first-order valence-electron chi connectivity index (χ1n) is 6.91. The summed E-state index contributed by atoms with van der Waals surface area (Å²) in [5.74, 6) is 2.97. The van der Waals surface area contributed by atoms with Crippen molar-refractivity contribution in [2.45, 2.75) is 0 Å². The van der Waals surface area contributed by atoms with Gasteiger partial charge in [-0.3, -0.25) is 0 Å². The van der Waals surface area contributed by atoms with E-state index in [-0.39, 0.29) is 0 Å². The number of aromatic nitrogens is 2. The molecule has 0 unspecified atom stereocenters. The number of para-hydroxylation sites is 1. The molecule has 0 fully saturated rings. The first-order valence-corrected chi connectivity index (χ1v) is 6.91. The maximum absolute atomic E-state index is 5.51. The molecule has 0 spiro atoms. The van der Waals surface area contributed by atoms with E-state index in [0.29, 0.717) is 11.5 Å². The molecule has 0 radical (unpaired) electrons. The van der Waals surface area contributed by atoms with E-state index in [4.69, 9.17) is 19.2 Å². The first kappa shape index (κ1) is 14.3. The smallest absolute Gasteiger partial charge is 0.171 e. The monoisotopic (exact) mass is 298 g/mol. The van der Waals surface area contributed by atoms with Crippen molar-refractivity contribution < 1.29 is 14.2 Å². The summed E-state index contributed by atoms with van der Waals surface area (Å²) >= 11 is 0. The fourth-order valence-electron chi connectivity index (χ4n) is 2.61. The van der Waals surface area contributed by atoms with Gasteiger partial charge in [-0.2, -0.15) is 0 Å². The number of imidazole rings is 1. The SMILES string of the molecule is COc1ccc2c(c1)nc(-c1cccc(OC)c1OC)n2C. The van der Waals surface area contributed by atoms with Gasteiger partial charge in [0.25, 0.3) is 0 Å². The number of hydrogen-bond donors (Lipinski definition) is 0. The fraction of sp³-hybridized carbons (Fsp3) is 0.235. The van der Waals surface area contributed by atoms with Crippen LogP contribution in [-0.2, 0) is 7.05 Å². The minimum Gasteiger partial charge on any atom is -0.497 e. The van der Waals surface area contributed by atoms with Crippen LogP contribution in [0.15, 0.2) is 36.4 Å². The maximum atomic E-state index is 5.51. The Bertz CT molecular complexity index is 824. The van der Waals surface area contributed by atoms with Crippen molar-refractivity contribution in [1.82, 2.24) is 9.55 Å². The molecule has 0 amide bonds. The zero-order valence-electron chi connectivity index (χ0n) is 13.1. The highest BCUT2D eigenvalue weighted by Gasteiger charge is 2.17. The van der Waals surface area contributed by atoms with Crippen molar-refractivity contribution in [2.24, 2.45) is 7.05 Å². The molecule has 1 heterocycles. The zero-order valence-corrected chi connectivity index (χ0v) is 13.1. The average Bonchev–Trinajstić information content (AvgIpc) is 2.89. The Morgan fingerprint density at radius 1 is 0.955 bits per heavy atom. The molecule has 0 N–H and O–H groups in total. The molecule has 0 atom stereocenters. The van der Waals surface area contributed by atoms with Gasteiger partial charge < -0.3 is 18.8 Å². The molecule has 1 aromatic heterocycles. The molecule has 5 nitrogen and oxygen atoms in total. The van der Waals surface area contributed by atoms with Crippen molar-refractivity contribution in [2.75, 3.05) is 21.3 Å². The summed E-state index contributed by atoms with van der Waals surface area (Å²) < 4.78 is 18.2. The van der Waals surface area contributed by atoms with Crippen LogP contribution in [0.1, 0.15) is 0 Å². The van der Waals surface area contributed by atoms with Crippen LogP contribution >= 0.6 is 0 Å². The largest absolute Gasteiger partial charge is 0.497 e. The van der Waals surface area contributed by atoms with Crippen molar-refractivity contribution in [3.63, 3.8) is 0 Å². The summed E-state index contributed by atoms with van der Waals surface area (Å²) in [7, 11) is 6.89. The average molecular weight is 298 g/mol. The van der Waals surface area contributed by atoms with Gasteiger partial charge in [0.15, 0.2) is 11.5 Å². The summed E-state index contributed by atoms with van der Waals surface area (Å²) in [6.07, 6.45) is 0. The Morgan fingerprint density at radius 3 is 2.45 bits per heavy atom. The standard InChI is InChI=1S/C17H18N2O3/c1-19-14-9-8-11(20-2)10-13(14)18-17(19)12-6-5-7-15(21-3)16(12)22-4/h5-10H,1-4H3. The number of nitrogens with zero attached hydrogens (tertiary/aromatic N) is 2. The lowest BCUT2D eigenvalue weighted by Crippen LogP contribution is -1.97. The molecular weight excluding hydrogens is 280 g/mol. The molecule has 5 heteroatoms. The van der Waals surface area contributed by atoms with Crippen LogP contribution < -0.4 is 14.2 Å². The van der Waals surface area contributed by atoms with Crippen molar-refractivity contribution in [3.8, 4) is 28.6 Å². The number of rotatable bonds is 4. The number of ether oxygens (including phenoxy) is 3. The van der Waals surface area contributed by atoms with Crippen molar-refractivity contribution in [1.29, 1.82) is 0 Å². The van der Waals surface area contributed by atoms with Crippen LogP contribution in [0, 0.1) is 0 Å². The lowest BCUT2D eigenvalue weighted by molar-refractivity contribution is 0.356. The van der Waals surface area contributed by atoms with Gasteiger partial charge >= 0.3 is 0 Å². The predicted octanol–water partition coefficient (Wildman–Crippen LogP) is 3.27. The number of methoxy groups -OCH3 is 3. The Balaban J connectivity index is 2.24. The molecule has 0 saturated heterocycles. The molecule has 2 aromatic carbocycles. The van der Waals surface area contributed by atoms with Gasteiger partial charge in [-0.05, 0) is 24.3 Å². The van der Waals surface area contributed by atoms with Gasteiger partial charge in [-0.25, -0.2) is 4.98 Å². The normalized spacial score (nSPS) is 10.7. The summed E-state index contributed by atoms with van der Waals surface area (Å²) in [5.41, 5.74) is 2.79. The summed E-state index contributed by atoms with van der Waals surface area (Å²) in [6.45, 7) is 0.